The van der Waals surface area contributed by atoms with Crippen LogP contribution in [0.5, 0.6) is 5.75 Å². The summed E-state index contributed by atoms with van der Waals surface area (Å²) >= 11 is 0. The Labute approximate surface area is 247 Å². The van der Waals surface area contributed by atoms with Crippen molar-refractivity contribution in [2.24, 2.45) is 29.4 Å². The Bertz CT molecular complexity index is 891. The molecule has 1 aromatic rings. The van der Waals surface area contributed by atoms with Crippen LogP contribution < -0.4 is 21.1 Å². The van der Waals surface area contributed by atoms with Crippen LogP contribution in [0.3, 0.4) is 0 Å². The van der Waals surface area contributed by atoms with Gasteiger partial charge in [-0.05, 0) is 55.6 Å². The second kappa shape index (κ2) is 19.1. The van der Waals surface area contributed by atoms with Crippen LogP contribution in [0.25, 0.3) is 0 Å². The second-order valence-electron chi connectivity index (χ2n) is 12.1. The molecular weight excluding hydrogens is 520 g/mol. The lowest BCUT2D eigenvalue weighted by molar-refractivity contribution is -0.127. The molecule has 0 spiro atoms. The number of benzene rings is 1. The lowest BCUT2D eigenvalue weighted by Crippen LogP contribution is -2.44. The molecule has 41 heavy (non-hydrogen) atoms. The first kappa shape index (κ1) is 35.0. The van der Waals surface area contributed by atoms with Crippen molar-refractivity contribution < 1.29 is 24.2 Å². The molecule has 9 heteroatoms. The molecule has 1 heterocycles. The van der Waals surface area contributed by atoms with Crippen molar-refractivity contribution in [2.45, 2.75) is 78.9 Å². The standard InChI is InChI=1S/C32H56N4O5/c1-6-7-13-34-32(39)27(24(4)5)21-29(37)28(33)20-25(23(2)3)22-35-31(38)26-11-8-9-12-30(26)41-17-10-14-36-15-18-40-19-16-36/h8-9,11-12,23-25,27-29,37H,6-7,10,13-22,33H2,1-5H3,(H,34,39)(H,35,38)/t25-,27+,28+,29+/m1/s1. The van der Waals surface area contributed by atoms with E-state index >= 15 is 0 Å². The monoisotopic (exact) mass is 576 g/mol. The topological polar surface area (TPSA) is 126 Å². The van der Waals surface area contributed by atoms with Crippen LogP contribution in [-0.2, 0) is 9.53 Å². The van der Waals surface area contributed by atoms with Gasteiger partial charge in [0.15, 0.2) is 0 Å². The Balaban J connectivity index is 1.88. The molecule has 1 fully saturated rings. The van der Waals surface area contributed by atoms with E-state index in [0.717, 1.165) is 52.1 Å². The van der Waals surface area contributed by atoms with Gasteiger partial charge in [-0.25, -0.2) is 0 Å². The van der Waals surface area contributed by atoms with Gasteiger partial charge in [0.2, 0.25) is 5.91 Å². The van der Waals surface area contributed by atoms with Gasteiger partial charge in [-0.3, -0.25) is 14.5 Å². The average molecular weight is 577 g/mol. The number of ether oxygens (including phenoxy) is 2. The fourth-order valence-electron chi connectivity index (χ4n) is 5.13. The van der Waals surface area contributed by atoms with E-state index in [1.165, 1.54) is 0 Å². The highest BCUT2D eigenvalue weighted by Gasteiger charge is 2.29. The van der Waals surface area contributed by atoms with Crippen molar-refractivity contribution in [3.05, 3.63) is 29.8 Å². The maximum atomic E-state index is 13.2. The normalized spacial score (nSPS) is 17.2. The van der Waals surface area contributed by atoms with Crippen molar-refractivity contribution in [3.8, 4) is 5.75 Å². The first-order chi connectivity index (χ1) is 19.6. The van der Waals surface area contributed by atoms with E-state index in [-0.39, 0.29) is 35.5 Å². The molecule has 0 saturated carbocycles. The number of amides is 2. The quantitative estimate of drug-likeness (QED) is 0.186. The number of carbonyl (C=O) groups is 2. The number of nitrogens with zero attached hydrogens (tertiary/aromatic N) is 1. The molecule has 1 saturated heterocycles. The largest absolute Gasteiger partial charge is 0.493 e. The molecule has 1 aliphatic heterocycles. The Hall–Kier alpha value is -2.20. The fraction of sp³-hybridized carbons (Fsp3) is 0.750. The van der Waals surface area contributed by atoms with Gasteiger partial charge in [0.05, 0.1) is 31.5 Å². The molecule has 0 aliphatic carbocycles. The van der Waals surface area contributed by atoms with Gasteiger partial charge >= 0.3 is 0 Å². The number of nitrogens with one attached hydrogen (secondary N) is 2. The minimum absolute atomic E-state index is 0.0191. The maximum absolute atomic E-state index is 13.2. The summed E-state index contributed by atoms with van der Waals surface area (Å²) in [6.07, 6.45) is 2.89. The number of aliphatic hydroxyl groups is 1. The SMILES string of the molecule is CCCCNC(=O)[C@@H](C[C@H](O)[C@@H](N)C[C@H](CNC(=O)c1ccccc1OCCCN1CCOCC1)C(C)C)C(C)C. The number of aliphatic hydroxyl groups excluding tert-OH is 1. The van der Waals surface area contributed by atoms with Crippen LogP contribution >= 0.6 is 0 Å². The summed E-state index contributed by atoms with van der Waals surface area (Å²) in [5.74, 6) is 0.499. The highest BCUT2D eigenvalue weighted by atomic mass is 16.5. The number of morpholine rings is 1. The lowest BCUT2D eigenvalue weighted by atomic mass is 9.83. The Morgan fingerprint density at radius 3 is 2.41 bits per heavy atom. The number of unbranched alkanes of at least 4 members (excludes halogenated alkanes) is 1. The molecule has 0 unspecified atom stereocenters. The maximum Gasteiger partial charge on any atom is 0.255 e. The van der Waals surface area contributed by atoms with Crippen molar-refractivity contribution in [1.29, 1.82) is 0 Å². The van der Waals surface area contributed by atoms with Crippen molar-refractivity contribution in [2.75, 3.05) is 52.5 Å². The summed E-state index contributed by atoms with van der Waals surface area (Å²) in [6, 6.07) is 6.83. The lowest BCUT2D eigenvalue weighted by Gasteiger charge is -2.30. The predicted octanol–water partition coefficient (Wildman–Crippen LogP) is 3.45. The first-order valence-corrected chi connectivity index (χ1v) is 15.6. The van der Waals surface area contributed by atoms with Crippen LogP contribution in [0.4, 0.5) is 0 Å². The molecule has 2 rings (SSSR count). The zero-order valence-electron chi connectivity index (χ0n) is 26.1. The van der Waals surface area contributed by atoms with E-state index in [2.05, 4.69) is 36.3 Å². The molecule has 0 bridgehead atoms. The van der Waals surface area contributed by atoms with E-state index in [9.17, 15) is 14.7 Å². The average Bonchev–Trinajstić information content (AvgIpc) is 2.96. The number of rotatable bonds is 19. The van der Waals surface area contributed by atoms with Crippen LogP contribution in [0.2, 0.25) is 0 Å². The summed E-state index contributed by atoms with van der Waals surface area (Å²) in [7, 11) is 0. The van der Waals surface area contributed by atoms with Crippen LogP contribution in [0.15, 0.2) is 24.3 Å². The molecule has 1 aromatic carbocycles. The van der Waals surface area contributed by atoms with Crippen molar-refractivity contribution in [1.82, 2.24) is 15.5 Å². The van der Waals surface area contributed by atoms with Gasteiger partial charge in [-0.2, -0.15) is 0 Å². The molecule has 0 aromatic heterocycles. The van der Waals surface area contributed by atoms with E-state index in [4.69, 9.17) is 15.2 Å². The zero-order chi connectivity index (χ0) is 30.2. The molecule has 5 N–H and O–H groups in total. The number of para-hydroxylation sites is 1. The highest BCUT2D eigenvalue weighted by Crippen LogP contribution is 2.24. The van der Waals surface area contributed by atoms with Gasteiger partial charge in [-0.15, -0.1) is 0 Å². The van der Waals surface area contributed by atoms with Gasteiger partial charge in [0.1, 0.15) is 5.75 Å². The third-order valence-electron chi connectivity index (χ3n) is 8.11. The van der Waals surface area contributed by atoms with Gasteiger partial charge in [0.25, 0.3) is 5.91 Å². The zero-order valence-corrected chi connectivity index (χ0v) is 26.1. The molecule has 9 nitrogen and oxygen atoms in total. The van der Waals surface area contributed by atoms with Crippen LogP contribution in [0, 0.1) is 23.7 Å². The van der Waals surface area contributed by atoms with Crippen molar-refractivity contribution in [3.63, 3.8) is 0 Å². The molecule has 1 aliphatic rings. The smallest absolute Gasteiger partial charge is 0.255 e. The minimum atomic E-state index is -0.803. The van der Waals surface area contributed by atoms with Crippen LogP contribution in [-0.4, -0.2) is 86.5 Å². The summed E-state index contributed by atoms with van der Waals surface area (Å²) < 4.78 is 11.4. The van der Waals surface area contributed by atoms with E-state index in [0.29, 0.717) is 43.9 Å². The molecule has 4 atom stereocenters. The molecule has 2 amide bonds. The van der Waals surface area contributed by atoms with Gasteiger partial charge < -0.3 is 30.9 Å². The fourth-order valence-corrected chi connectivity index (χ4v) is 5.13. The van der Waals surface area contributed by atoms with Crippen LogP contribution in [0.1, 0.15) is 77.1 Å². The van der Waals surface area contributed by atoms with E-state index in [1.54, 1.807) is 6.07 Å². The minimum Gasteiger partial charge on any atom is -0.493 e. The summed E-state index contributed by atoms with van der Waals surface area (Å²) in [5.41, 5.74) is 6.98. The Morgan fingerprint density at radius 2 is 1.76 bits per heavy atom. The Kier molecular flexibility index (Phi) is 16.3. The summed E-state index contributed by atoms with van der Waals surface area (Å²) in [5, 5.41) is 17.0. The highest BCUT2D eigenvalue weighted by molar-refractivity contribution is 5.96. The summed E-state index contributed by atoms with van der Waals surface area (Å²) in [4.78, 5) is 28.2. The molecule has 0 radical (unpaired) electrons. The van der Waals surface area contributed by atoms with Gasteiger partial charge in [-0.1, -0.05) is 53.2 Å². The molecule has 234 valence electrons. The van der Waals surface area contributed by atoms with Gasteiger partial charge in [0, 0.05) is 44.7 Å². The van der Waals surface area contributed by atoms with E-state index in [1.807, 2.05) is 32.0 Å². The number of hydrogen-bond donors (Lipinski definition) is 4. The number of carbonyl (C=O) groups excluding carboxylic acids is 2. The third kappa shape index (κ3) is 12.7. The first-order valence-electron chi connectivity index (χ1n) is 15.6. The molecular formula is C32H56N4O5. The number of nitrogens with two attached hydrogens (primary N) is 1. The van der Waals surface area contributed by atoms with Crippen molar-refractivity contribution >= 4 is 11.8 Å². The predicted molar refractivity (Wildman–Crippen MR) is 164 cm³/mol. The third-order valence-corrected chi connectivity index (χ3v) is 8.11. The van der Waals surface area contributed by atoms with E-state index < -0.39 is 12.1 Å². The number of hydrogen-bond acceptors (Lipinski definition) is 7. The second-order valence-corrected chi connectivity index (χ2v) is 12.1. The summed E-state index contributed by atoms with van der Waals surface area (Å²) in [6.45, 7) is 16.3. The Morgan fingerprint density at radius 1 is 1.05 bits per heavy atom.